The van der Waals surface area contributed by atoms with Gasteiger partial charge in [-0.25, -0.2) is 9.36 Å². The molecular formula is C20H19ClN2O3. The second-order valence-corrected chi connectivity index (χ2v) is 6.42. The number of fused-ring (bicyclic) bond motifs is 1. The van der Waals surface area contributed by atoms with Crippen LogP contribution in [0.3, 0.4) is 0 Å². The summed E-state index contributed by atoms with van der Waals surface area (Å²) in [6.07, 6.45) is -0.604. The Bertz CT molecular complexity index is 978. The third-order valence-electron chi connectivity index (χ3n) is 4.05. The van der Waals surface area contributed by atoms with Gasteiger partial charge in [-0.3, -0.25) is 4.79 Å². The van der Waals surface area contributed by atoms with Crippen LogP contribution in [-0.4, -0.2) is 37.1 Å². The van der Waals surface area contributed by atoms with Crippen LogP contribution >= 0.6 is 11.6 Å². The van der Waals surface area contributed by atoms with E-state index in [-0.39, 0.29) is 18.1 Å². The zero-order chi connectivity index (χ0) is 18.8. The first-order valence-corrected chi connectivity index (χ1v) is 8.61. The molecule has 5 nitrogen and oxygen atoms in total. The molecule has 0 N–H and O–H groups in total. The van der Waals surface area contributed by atoms with Gasteiger partial charge in [-0.05, 0) is 25.1 Å². The summed E-state index contributed by atoms with van der Waals surface area (Å²) in [7, 11) is 3.67. The predicted octanol–water partition coefficient (Wildman–Crippen LogP) is 4.60. The van der Waals surface area contributed by atoms with Crippen LogP contribution in [0.2, 0.25) is 5.02 Å². The molecule has 3 aromatic rings. The minimum atomic E-state index is -0.604. The molecule has 1 aromatic heterocycles. The van der Waals surface area contributed by atoms with Crippen molar-refractivity contribution in [3.63, 3.8) is 0 Å². The predicted molar refractivity (Wildman–Crippen MR) is 104 cm³/mol. The minimum absolute atomic E-state index is 0.204. The summed E-state index contributed by atoms with van der Waals surface area (Å²) in [6, 6.07) is 14.1. The Balaban J connectivity index is 2.38. The molecule has 0 unspecified atom stereocenters. The molecule has 0 bridgehead atoms. The highest BCUT2D eigenvalue weighted by molar-refractivity contribution is 6.31. The number of hydrogen-bond donors (Lipinski definition) is 0. The Kier molecular flexibility index (Phi) is 5.00. The molecule has 0 atom stereocenters. The van der Waals surface area contributed by atoms with Crippen molar-refractivity contribution < 1.29 is 14.3 Å². The van der Waals surface area contributed by atoms with Crippen LogP contribution in [0, 0.1) is 0 Å². The fourth-order valence-corrected chi connectivity index (χ4v) is 3.18. The van der Waals surface area contributed by atoms with Crippen LogP contribution in [0.5, 0.6) is 0 Å². The number of nitrogens with zero attached hydrogens (tertiary/aromatic N) is 2. The number of halogens is 1. The van der Waals surface area contributed by atoms with Gasteiger partial charge in [0.15, 0.2) is 0 Å². The molecule has 26 heavy (non-hydrogen) atoms. The van der Waals surface area contributed by atoms with Crippen molar-refractivity contribution in [3.8, 4) is 0 Å². The van der Waals surface area contributed by atoms with E-state index in [1.54, 1.807) is 43.3 Å². The number of anilines is 1. The lowest BCUT2D eigenvalue weighted by Gasteiger charge is -2.15. The van der Waals surface area contributed by atoms with Gasteiger partial charge in [0.2, 0.25) is 5.78 Å². The minimum Gasteiger partial charge on any atom is -0.449 e. The van der Waals surface area contributed by atoms with E-state index in [0.717, 1.165) is 5.39 Å². The first-order valence-electron chi connectivity index (χ1n) is 8.23. The number of ketones is 1. The highest BCUT2D eigenvalue weighted by Crippen LogP contribution is 2.36. The molecule has 0 aliphatic rings. The summed E-state index contributed by atoms with van der Waals surface area (Å²) in [5, 5.41) is 1.23. The molecule has 2 aromatic carbocycles. The molecule has 1 heterocycles. The summed E-state index contributed by atoms with van der Waals surface area (Å²) in [6.45, 7) is 1.93. The summed E-state index contributed by atoms with van der Waals surface area (Å²) in [4.78, 5) is 27.8. The highest BCUT2D eigenvalue weighted by Gasteiger charge is 2.28. The van der Waals surface area contributed by atoms with Gasteiger partial charge in [0.25, 0.3) is 0 Å². The molecule has 0 amide bonds. The fraction of sp³-hybridized carbons (Fsp3) is 0.200. The van der Waals surface area contributed by atoms with E-state index in [2.05, 4.69) is 0 Å². The normalized spacial score (nSPS) is 10.8. The van der Waals surface area contributed by atoms with Gasteiger partial charge in [0.1, 0.15) is 5.69 Å². The average Bonchev–Trinajstić information content (AvgIpc) is 2.96. The summed E-state index contributed by atoms with van der Waals surface area (Å²) in [5.74, 6) is -0.255. The first kappa shape index (κ1) is 18.0. The third-order valence-corrected chi connectivity index (χ3v) is 4.29. The zero-order valence-electron chi connectivity index (χ0n) is 14.8. The van der Waals surface area contributed by atoms with Gasteiger partial charge >= 0.3 is 6.09 Å². The number of ether oxygens (including phenoxy) is 1. The van der Waals surface area contributed by atoms with Crippen molar-refractivity contribution >= 4 is 40.1 Å². The molecule has 0 spiro atoms. The Morgan fingerprint density at radius 2 is 1.81 bits per heavy atom. The van der Waals surface area contributed by atoms with Gasteiger partial charge in [0, 0.05) is 30.1 Å². The average molecular weight is 371 g/mol. The number of rotatable bonds is 4. The van der Waals surface area contributed by atoms with E-state index >= 15 is 0 Å². The molecule has 0 saturated carbocycles. The van der Waals surface area contributed by atoms with Crippen LogP contribution in [0.15, 0.2) is 48.5 Å². The molecular weight excluding hydrogens is 352 g/mol. The number of benzene rings is 2. The maximum absolute atomic E-state index is 13.3. The SMILES string of the molecule is CCOC(=O)n1c(C(=O)c2ccccc2)c(N(C)C)c2ccc(Cl)cc21. The fourth-order valence-electron chi connectivity index (χ4n) is 3.01. The van der Waals surface area contributed by atoms with Crippen molar-refractivity contribution in [2.24, 2.45) is 0 Å². The van der Waals surface area contributed by atoms with Crippen molar-refractivity contribution in [1.82, 2.24) is 4.57 Å². The lowest BCUT2D eigenvalue weighted by Crippen LogP contribution is -2.22. The van der Waals surface area contributed by atoms with Crippen molar-refractivity contribution in [3.05, 3.63) is 64.8 Å². The van der Waals surface area contributed by atoms with Crippen LogP contribution in [0.4, 0.5) is 10.5 Å². The van der Waals surface area contributed by atoms with E-state index in [4.69, 9.17) is 16.3 Å². The highest BCUT2D eigenvalue weighted by atomic mass is 35.5. The molecule has 3 rings (SSSR count). The van der Waals surface area contributed by atoms with Crippen LogP contribution in [0.1, 0.15) is 23.0 Å². The molecule has 0 aliphatic heterocycles. The molecule has 134 valence electrons. The van der Waals surface area contributed by atoms with Crippen molar-refractivity contribution in [2.45, 2.75) is 6.92 Å². The largest absolute Gasteiger partial charge is 0.449 e. The quantitative estimate of drug-likeness (QED) is 0.630. The molecule has 6 heteroatoms. The maximum Gasteiger partial charge on any atom is 0.419 e. The Labute approximate surface area is 156 Å². The maximum atomic E-state index is 13.3. The van der Waals surface area contributed by atoms with Crippen molar-refractivity contribution in [1.29, 1.82) is 0 Å². The van der Waals surface area contributed by atoms with Crippen LogP contribution < -0.4 is 4.90 Å². The standard InChI is InChI=1S/C20H19ClN2O3/c1-4-26-20(25)23-16-12-14(21)10-11-15(16)17(22(2)3)18(23)19(24)13-8-6-5-7-9-13/h5-12H,4H2,1-3H3. The zero-order valence-corrected chi connectivity index (χ0v) is 15.6. The number of carbonyl (C=O) groups is 2. The van der Waals surface area contributed by atoms with E-state index in [1.165, 1.54) is 4.57 Å². The second kappa shape index (κ2) is 7.22. The van der Waals surface area contributed by atoms with E-state index in [1.807, 2.05) is 31.1 Å². The van der Waals surface area contributed by atoms with Gasteiger partial charge in [-0.1, -0.05) is 41.9 Å². The van der Waals surface area contributed by atoms with Gasteiger partial charge in [-0.15, -0.1) is 0 Å². The Hall–Kier alpha value is -2.79. The lowest BCUT2D eigenvalue weighted by atomic mass is 10.1. The van der Waals surface area contributed by atoms with Crippen LogP contribution in [-0.2, 0) is 4.74 Å². The van der Waals surface area contributed by atoms with E-state index in [9.17, 15) is 9.59 Å². The topological polar surface area (TPSA) is 51.5 Å². The molecule has 0 aliphatic carbocycles. The number of carbonyl (C=O) groups excluding carboxylic acids is 2. The summed E-state index contributed by atoms with van der Waals surface area (Å²) >= 11 is 6.15. The first-order chi connectivity index (χ1) is 12.5. The Morgan fingerprint density at radius 1 is 1.12 bits per heavy atom. The molecule has 0 fully saturated rings. The van der Waals surface area contributed by atoms with Crippen molar-refractivity contribution in [2.75, 3.05) is 25.6 Å². The van der Waals surface area contributed by atoms with Crippen LogP contribution in [0.25, 0.3) is 10.9 Å². The lowest BCUT2D eigenvalue weighted by molar-refractivity contribution is 0.102. The number of aromatic nitrogens is 1. The number of hydrogen-bond acceptors (Lipinski definition) is 4. The molecule has 0 saturated heterocycles. The van der Waals surface area contributed by atoms with E-state index in [0.29, 0.717) is 21.8 Å². The van der Waals surface area contributed by atoms with Gasteiger partial charge in [-0.2, -0.15) is 0 Å². The summed E-state index contributed by atoms with van der Waals surface area (Å²) < 4.78 is 6.52. The second-order valence-electron chi connectivity index (χ2n) is 5.98. The van der Waals surface area contributed by atoms with Gasteiger partial charge in [0.05, 0.1) is 17.8 Å². The van der Waals surface area contributed by atoms with Gasteiger partial charge < -0.3 is 9.64 Å². The third kappa shape index (κ3) is 3.06. The van der Waals surface area contributed by atoms with E-state index < -0.39 is 6.09 Å². The summed E-state index contributed by atoms with van der Waals surface area (Å²) in [5.41, 5.74) is 1.95. The molecule has 0 radical (unpaired) electrons. The Morgan fingerprint density at radius 3 is 2.42 bits per heavy atom. The monoisotopic (exact) mass is 370 g/mol. The smallest absolute Gasteiger partial charge is 0.419 e.